The Morgan fingerprint density at radius 2 is 1.59 bits per heavy atom. The normalized spacial score (nSPS) is 13.7. The number of nitrogens with one attached hydrogen (secondary N) is 1. The largest absolute Gasteiger partial charge is 0.483 e. The first-order valence-corrected chi connectivity index (χ1v) is 9.80. The van der Waals surface area contributed by atoms with Crippen molar-refractivity contribution < 1.29 is 14.3 Å². The van der Waals surface area contributed by atoms with E-state index in [1.165, 1.54) is 0 Å². The molecule has 5 heteroatoms. The molecule has 29 heavy (non-hydrogen) atoms. The zero-order valence-corrected chi connectivity index (χ0v) is 16.2. The first-order valence-electron chi connectivity index (χ1n) is 9.80. The van der Waals surface area contributed by atoms with E-state index in [1.54, 1.807) is 0 Å². The number of ether oxygens (including phenoxy) is 2. The van der Waals surface area contributed by atoms with E-state index in [0.717, 1.165) is 35.6 Å². The Balaban J connectivity index is 1.43. The molecule has 3 aromatic rings. The molecule has 148 valence electrons. The van der Waals surface area contributed by atoms with E-state index in [9.17, 15) is 4.79 Å². The van der Waals surface area contributed by atoms with Crippen molar-refractivity contribution >= 4 is 17.3 Å². The number of morpholine rings is 1. The minimum absolute atomic E-state index is 0.0543. The van der Waals surface area contributed by atoms with Crippen molar-refractivity contribution in [2.45, 2.75) is 0 Å². The Kier molecular flexibility index (Phi) is 6.07. The lowest BCUT2D eigenvalue weighted by Crippen LogP contribution is -2.37. The summed E-state index contributed by atoms with van der Waals surface area (Å²) in [6.07, 6.45) is 0. The van der Waals surface area contributed by atoms with Crippen molar-refractivity contribution in [3.8, 4) is 16.9 Å². The summed E-state index contributed by atoms with van der Waals surface area (Å²) in [5.41, 5.74) is 3.82. The maximum absolute atomic E-state index is 12.6. The molecule has 0 radical (unpaired) electrons. The van der Waals surface area contributed by atoms with Crippen molar-refractivity contribution in [1.82, 2.24) is 0 Å². The molecule has 1 fully saturated rings. The van der Waals surface area contributed by atoms with Crippen LogP contribution in [-0.2, 0) is 9.53 Å². The van der Waals surface area contributed by atoms with Gasteiger partial charge in [-0.05, 0) is 23.8 Å². The van der Waals surface area contributed by atoms with E-state index in [1.807, 2.05) is 78.9 Å². The lowest BCUT2D eigenvalue weighted by molar-refractivity contribution is -0.118. The molecule has 0 spiro atoms. The molecule has 0 saturated carbocycles. The van der Waals surface area contributed by atoms with Gasteiger partial charge >= 0.3 is 0 Å². The molecule has 0 aromatic heterocycles. The molecule has 1 saturated heterocycles. The van der Waals surface area contributed by atoms with E-state index >= 15 is 0 Å². The number of rotatable bonds is 6. The topological polar surface area (TPSA) is 50.8 Å². The van der Waals surface area contributed by atoms with Crippen LogP contribution in [0.2, 0.25) is 0 Å². The van der Waals surface area contributed by atoms with Crippen LogP contribution in [0.1, 0.15) is 0 Å². The Bertz CT molecular complexity index is 953. The van der Waals surface area contributed by atoms with Gasteiger partial charge in [0.15, 0.2) is 6.61 Å². The highest BCUT2D eigenvalue weighted by Crippen LogP contribution is 2.30. The average Bonchev–Trinajstić information content (AvgIpc) is 2.79. The van der Waals surface area contributed by atoms with E-state index in [4.69, 9.17) is 9.47 Å². The van der Waals surface area contributed by atoms with E-state index in [2.05, 4.69) is 10.2 Å². The summed E-state index contributed by atoms with van der Waals surface area (Å²) in [6.45, 7) is 2.96. The van der Waals surface area contributed by atoms with Crippen LogP contribution in [0.15, 0.2) is 78.9 Å². The zero-order valence-electron chi connectivity index (χ0n) is 16.2. The lowest BCUT2D eigenvalue weighted by atomic mass is 10.1. The molecule has 0 bridgehead atoms. The molecule has 1 N–H and O–H groups in total. The molecule has 1 aliphatic heterocycles. The molecular formula is C24H24N2O3. The first kappa shape index (κ1) is 19.0. The minimum atomic E-state index is -0.187. The van der Waals surface area contributed by atoms with Crippen molar-refractivity contribution in [3.05, 3.63) is 78.9 Å². The van der Waals surface area contributed by atoms with Crippen molar-refractivity contribution in [1.29, 1.82) is 0 Å². The van der Waals surface area contributed by atoms with Gasteiger partial charge in [0.1, 0.15) is 5.75 Å². The first-order chi connectivity index (χ1) is 14.3. The van der Waals surface area contributed by atoms with Gasteiger partial charge in [0, 0.05) is 18.7 Å². The van der Waals surface area contributed by atoms with Crippen molar-refractivity contribution in [2.75, 3.05) is 43.1 Å². The zero-order chi connectivity index (χ0) is 19.9. The van der Waals surface area contributed by atoms with Crippen molar-refractivity contribution in [3.63, 3.8) is 0 Å². The third-order valence-corrected chi connectivity index (χ3v) is 4.86. The number of para-hydroxylation sites is 3. The fraction of sp³-hybridized carbons (Fsp3) is 0.208. The minimum Gasteiger partial charge on any atom is -0.483 e. The summed E-state index contributed by atoms with van der Waals surface area (Å²) in [4.78, 5) is 14.8. The van der Waals surface area contributed by atoms with Gasteiger partial charge in [-0.25, -0.2) is 0 Å². The van der Waals surface area contributed by atoms with Gasteiger partial charge in [-0.15, -0.1) is 0 Å². The number of amides is 1. The fourth-order valence-corrected chi connectivity index (χ4v) is 3.44. The molecule has 4 rings (SSSR count). The number of benzene rings is 3. The second kappa shape index (κ2) is 9.26. The molecule has 1 aliphatic rings. The Morgan fingerprint density at radius 1 is 0.897 bits per heavy atom. The van der Waals surface area contributed by atoms with E-state index < -0.39 is 0 Å². The standard InChI is InChI=1S/C24H24N2O3/c27-24(25-21-11-5-6-12-22(21)26-14-16-28-17-15-26)18-29-23-13-7-4-10-20(23)19-8-2-1-3-9-19/h1-13H,14-18H2,(H,25,27). The van der Waals surface area contributed by atoms with Crippen LogP contribution in [0.4, 0.5) is 11.4 Å². The Labute approximate surface area is 170 Å². The van der Waals surface area contributed by atoms with E-state index in [-0.39, 0.29) is 12.5 Å². The molecule has 1 amide bonds. The quantitative estimate of drug-likeness (QED) is 0.687. The number of carbonyl (C=O) groups excluding carboxylic acids is 1. The maximum atomic E-state index is 12.6. The second-order valence-electron chi connectivity index (χ2n) is 6.82. The predicted octanol–water partition coefficient (Wildman–Crippen LogP) is 4.21. The van der Waals surface area contributed by atoms with Crippen LogP contribution in [0, 0.1) is 0 Å². The lowest BCUT2D eigenvalue weighted by Gasteiger charge is -2.30. The van der Waals surface area contributed by atoms with Crippen LogP contribution >= 0.6 is 0 Å². The number of carbonyl (C=O) groups is 1. The SMILES string of the molecule is O=C(COc1ccccc1-c1ccccc1)Nc1ccccc1N1CCOCC1. The van der Waals surface area contributed by atoms with E-state index in [0.29, 0.717) is 19.0 Å². The maximum Gasteiger partial charge on any atom is 0.262 e. The van der Waals surface area contributed by atoms with Gasteiger partial charge in [-0.1, -0.05) is 60.7 Å². The molecule has 0 atom stereocenters. The Morgan fingerprint density at radius 3 is 2.41 bits per heavy atom. The number of hydrogen-bond acceptors (Lipinski definition) is 4. The molecule has 3 aromatic carbocycles. The number of nitrogens with zero attached hydrogens (tertiary/aromatic N) is 1. The number of anilines is 2. The summed E-state index contributed by atoms with van der Waals surface area (Å²) >= 11 is 0. The highest BCUT2D eigenvalue weighted by atomic mass is 16.5. The highest BCUT2D eigenvalue weighted by Gasteiger charge is 2.16. The molecule has 5 nitrogen and oxygen atoms in total. The van der Waals surface area contributed by atoms with Gasteiger partial charge in [0.05, 0.1) is 24.6 Å². The van der Waals surface area contributed by atoms with Gasteiger partial charge in [0.25, 0.3) is 5.91 Å². The Hall–Kier alpha value is -3.31. The third kappa shape index (κ3) is 4.76. The molecule has 0 unspecified atom stereocenters. The summed E-state index contributed by atoms with van der Waals surface area (Å²) in [5, 5.41) is 2.99. The summed E-state index contributed by atoms with van der Waals surface area (Å²) in [7, 11) is 0. The van der Waals surface area contributed by atoms with Crippen LogP contribution < -0.4 is 15.0 Å². The average molecular weight is 388 g/mol. The fourth-order valence-electron chi connectivity index (χ4n) is 3.44. The molecule has 1 heterocycles. The van der Waals surface area contributed by atoms with Crippen molar-refractivity contribution in [2.24, 2.45) is 0 Å². The second-order valence-corrected chi connectivity index (χ2v) is 6.82. The van der Waals surface area contributed by atoms with Crippen LogP contribution in [0.5, 0.6) is 5.75 Å². The molecular weight excluding hydrogens is 364 g/mol. The van der Waals surface area contributed by atoms with Crippen LogP contribution in [-0.4, -0.2) is 38.8 Å². The predicted molar refractivity (Wildman–Crippen MR) is 115 cm³/mol. The molecule has 0 aliphatic carbocycles. The summed E-state index contributed by atoms with van der Waals surface area (Å²) in [6, 6.07) is 25.6. The highest BCUT2D eigenvalue weighted by molar-refractivity contribution is 5.95. The number of hydrogen-bond donors (Lipinski definition) is 1. The van der Waals surface area contributed by atoms with Crippen LogP contribution in [0.3, 0.4) is 0 Å². The van der Waals surface area contributed by atoms with Gasteiger partial charge in [-0.2, -0.15) is 0 Å². The van der Waals surface area contributed by atoms with Crippen LogP contribution in [0.25, 0.3) is 11.1 Å². The summed E-state index contributed by atoms with van der Waals surface area (Å²) in [5.74, 6) is 0.504. The van der Waals surface area contributed by atoms with Gasteiger partial charge in [-0.3, -0.25) is 4.79 Å². The monoisotopic (exact) mass is 388 g/mol. The van der Waals surface area contributed by atoms with Gasteiger partial charge < -0.3 is 19.7 Å². The summed E-state index contributed by atoms with van der Waals surface area (Å²) < 4.78 is 11.3. The smallest absolute Gasteiger partial charge is 0.262 e. The third-order valence-electron chi connectivity index (χ3n) is 4.86. The van der Waals surface area contributed by atoms with Gasteiger partial charge in [0.2, 0.25) is 0 Å².